The number of aryl methyl sites for hydroxylation is 1. The van der Waals surface area contributed by atoms with Crippen molar-refractivity contribution in [3.05, 3.63) is 23.9 Å². The molecule has 1 aromatic rings. The number of nitrogens with zero attached hydrogens (tertiary/aromatic N) is 2. The zero-order chi connectivity index (χ0) is 18.5. The Labute approximate surface area is 147 Å². The standard InChI is InChI=1S/C16H25ClN4O3/c1-10-9-12(11(2)22)21(13(10)20-14(17)18-6)8-7-19-15(23)24-16(3,4)5/h9,22H,2,7-8H2,1,3-6H3,(H,18,20)(H,19,23). The third-order valence-corrected chi connectivity index (χ3v) is 3.27. The van der Waals surface area contributed by atoms with Crippen LogP contribution in [0, 0.1) is 6.92 Å². The van der Waals surface area contributed by atoms with Crippen molar-refractivity contribution in [3.63, 3.8) is 0 Å². The summed E-state index contributed by atoms with van der Waals surface area (Å²) in [6, 6.07) is 1.78. The molecular formula is C16H25ClN4O3. The van der Waals surface area contributed by atoms with E-state index in [2.05, 4.69) is 22.2 Å². The number of aliphatic imine (C=N–C) groups is 1. The summed E-state index contributed by atoms with van der Waals surface area (Å²) < 4.78 is 6.96. The van der Waals surface area contributed by atoms with Crippen LogP contribution in [-0.4, -0.2) is 40.3 Å². The maximum Gasteiger partial charge on any atom is 0.407 e. The lowest BCUT2D eigenvalue weighted by Crippen LogP contribution is -2.34. The second kappa shape index (κ2) is 8.10. The van der Waals surface area contributed by atoms with Gasteiger partial charge in [0.25, 0.3) is 0 Å². The molecule has 0 aliphatic rings. The van der Waals surface area contributed by atoms with Crippen LogP contribution in [0.3, 0.4) is 0 Å². The molecule has 0 fully saturated rings. The number of hydrogen-bond acceptors (Lipinski definition) is 4. The van der Waals surface area contributed by atoms with Gasteiger partial charge in [-0.3, -0.25) is 4.99 Å². The van der Waals surface area contributed by atoms with Gasteiger partial charge in [0.05, 0.1) is 5.69 Å². The molecule has 0 aliphatic heterocycles. The van der Waals surface area contributed by atoms with E-state index in [1.807, 2.05) is 6.92 Å². The number of anilines is 1. The van der Waals surface area contributed by atoms with Crippen molar-refractivity contribution in [2.75, 3.05) is 18.9 Å². The smallest absolute Gasteiger partial charge is 0.407 e. The van der Waals surface area contributed by atoms with E-state index in [1.54, 1.807) is 38.5 Å². The van der Waals surface area contributed by atoms with E-state index in [1.165, 1.54) is 0 Å². The molecule has 8 heteroatoms. The highest BCUT2D eigenvalue weighted by molar-refractivity contribution is 6.67. The van der Waals surface area contributed by atoms with Gasteiger partial charge < -0.3 is 25.0 Å². The average molecular weight is 357 g/mol. The van der Waals surface area contributed by atoms with Gasteiger partial charge in [0.15, 0.2) is 5.29 Å². The summed E-state index contributed by atoms with van der Waals surface area (Å²) in [5.41, 5.74) is 0.831. The average Bonchev–Trinajstić information content (AvgIpc) is 2.74. The molecule has 134 valence electrons. The molecule has 3 N–H and O–H groups in total. The van der Waals surface area contributed by atoms with Gasteiger partial charge >= 0.3 is 6.09 Å². The van der Waals surface area contributed by atoms with Gasteiger partial charge in [0.1, 0.15) is 17.2 Å². The van der Waals surface area contributed by atoms with Crippen LogP contribution in [0.15, 0.2) is 17.6 Å². The molecule has 1 rings (SSSR count). The van der Waals surface area contributed by atoms with Crippen LogP contribution in [0.25, 0.3) is 5.76 Å². The number of alkyl carbamates (subject to hydrolysis) is 1. The molecule has 0 unspecified atom stereocenters. The number of hydrogen-bond donors (Lipinski definition) is 3. The van der Waals surface area contributed by atoms with Crippen LogP contribution < -0.4 is 10.6 Å². The molecule has 0 atom stereocenters. The maximum atomic E-state index is 11.7. The Morgan fingerprint density at radius 3 is 2.62 bits per heavy atom. The number of ether oxygens (including phenoxy) is 1. The van der Waals surface area contributed by atoms with Crippen molar-refractivity contribution in [1.82, 2.24) is 9.88 Å². The minimum Gasteiger partial charge on any atom is -0.506 e. The van der Waals surface area contributed by atoms with Crippen molar-refractivity contribution < 1.29 is 14.6 Å². The third kappa shape index (κ3) is 5.81. The SMILES string of the molecule is C=C(O)c1cc(C)c(NC(Cl)=NC)n1CCNC(=O)OC(C)(C)C. The summed E-state index contributed by atoms with van der Waals surface area (Å²) in [6.07, 6.45) is -0.501. The van der Waals surface area contributed by atoms with Crippen LogP contribution in [0.5, 0.6) is 0 Å². The van der Waals surface area contributed by atoms with E-state index in [0.29, 0.717) is 24.6 Å². The van der Waals surface area contributed by atoms with Crippen LogP contribution in [0.4, 0.5) is 10.6 Å². The van der Waals surface area contributed by atoms with Gasteiger partial charge in [-0.15, -0.1) is 0 Å². The van der Waals surface area contributed by atoms with Gasteiger partial charge in [0.2, 0.25) is 0 Å². The number of amidine groups is 1. The lowest BCUT2D eigenvalue weighted by molar-refractivity contribution is 0.0526. The fourth-order valence-corrected chi connectivity index (χ4v) is 2.15. The monoisotopic (exact) mass is 356 g/mol. The van der Waals surface area contributed by atoms with Gasteiger partial charge in [-0.1, -0.05) is 6.58 Å². The topological polar surface area (TPSA) is 87.9 Å². The van der Waals surface area contributed by atoms with Crippen molar-refractivity contribution >= 4 is 34.6 Å². The Bertz CT molecular complexity index is 644. The van der Waals surface area contributed by atoms with Gasteiger partial charge in [-0.25, -0.2) is 4.79 Å². The zero-order valence-electron chi connectivity index (χ0n) is 14.7. The van der Waals surface area contributed by atoms with Crippen molar-refractivity contribution in [3.8, 4) is 0 Å². The molecule has 24 heavy (non-hydrogen) atoms. The first kappa shape index (κ1) is 19.9. The lowest BCUT2D eigenvalue weighted by Gasteiger charge is -2.20. The first-order chi connectivity index (χ1) is 11.0. The van der Waals surface area contributed by atoms with Gasteiger partial charge in [-0.2, -0.15) is 0 Å². The van der Waals surface area contributed by atoms with E-state index in [9.17, 15) is 9.90 Å². The summed E-state index contributed by atoms with van der Waals surface area (Å²) in [7, 11) is 1.56. The number of rotatable bonds is 5. The second-order valence-corrected chi connectivity index (χ2v) is 6.59. The predicted molar refractivity (Wildman–Crippen MR) is 97.9 cm³/mol. The van der Waals surface area contributed by atoms with E-state index in [4.69, 9.17) is 16.3 Å². The number of aromatic nitrogens is 1. The largest absolute Gasteiger partial charge is 0.506 e. The number of aliphatic hydroxyl groups excluding tert-OH is 1. The summed E-state index contributed by atoms with van der Waals surface area (Å²) in [6.45, 7) is 11.5. The molecule has 0 saturated heterocycles. The summed E-state index contributed by atoms with van der Waals surface area (Å²) in [5.74, 6) is 0.592. The highest BCUT2D eigenvalue weighted by Crippen LogP contribution is 2.25. The fraction of sp³-hybridized carbons (Fsp3) is 0.500. The quantitative estimate of drug-likeness (QED) is 0.326. The highest BCUT2D eigenvalue weighted by atomic mass is 35.5. The summed E-state index contributed by atoms with van der Waals surface area (Å²) in [4.78, 5) is 15.6. The first-order valence-electron chi connectivity index (χ1n) is 7.49. The minimum atomic E-state index is -0.559. The molecule has 1 aromatic heterocycles. The number of aliphatic hydroxyl groups is 1. The van der Waals surface area contributed by atoms with Crippen LogP contribution >= 0.6 is 11.6 Å². The van der Waals surface area contributed by atoms with Crippen molar-refractivity contribution in [2.45, 2.75) is 39.8 Å². The predicted octanol–water partition coefficient (Wildman–Crippen LogP) is 3.49. The fourth-order valence-electron chi connectivity index (χ4n) is 2.06. The number of amides is 1. The van der Waals surface area contributed by atoms with E-state index in [0.717, 1.165) is 5.56 Å². The molecule has 0 bridgehead atoms. The Kier molecular flexibility index (Phi) is 6.71. The zero-order valence-corrected chi connectivity index (χ0v) is 15.5. The Morgan fingerprint density at radius 1 is 1.50 bits per heavy atom. The number of halogens is 1. The van der Waals surface area contributed by atoms with Gasteiger partial charge in [-0.05, 0) is 50.9 Å². The first-order valence-corrected chi connectivity index (χ1v) is 7.87. The molecular weight excluding hydrogens is 332 g/mol. The van der Waals surface area contributed by atoms with Crippen LogP contribution in [0.1, 0.15) is 32.0 Å². The van der Waals surface area contributed by atoms with Crippen LogP contribution in [0.2, 0.25) is 0 Å². The van der Waals surface area contributed by atoms with Gasteiger partial charge in [0, 0.05) is 20.1 Å². The Balaban J connectivity index is 2.88. The Hall–Kier alpha value is -2.15. The molecule has 0 spiro atoms. The number of carbonyl (C=O) groups excluding carboxylic acids is 1. The minimum absolute atomic E-state index is 0.0759. The van der Waals surface area contributed by atoms with E-state index >= 15 is 0 Å². The molecule has 0 aromatic carbocycles. The molecule has 7 nitrogen and oxygen atoms in total. The van der Waals surface area contributed by atoms with E-state index in [-0.39, 0.29) is 11.1 Å². The summed E-state index contributed by atoms with van der Waals surface area (Å²) >= 11 is 5.94. The molecule has 1 amide bonds. The second-order valence-electron chi connectivity index (χ2n) is 6.23. The van der Waals surface area contributed by atoms with Crippen LogP contribution in [-0.2, 0) is 11.3 Å². The highest BCUT2D eigenvalue weighted by Gasteiger charge is 2.17. The Morgan fingerprint density at radius 2 is 2.12 bits per heavy atom. The number of nitrogens with one attached hydrogen (secondary N) is 2. The molecule has 1 heterocycles. The summed E-state index contributed by atoms with van der Waals surface area (Å²) in [5, 5.41) is 15.6. The molecule has 0 saturated carbocycles. The lowest BCUT2D eigenvalue weighted by atomic mass is 10.2. The number of carbonyl (C=O) groups is 1. The third-order valence-electron chi connectivity index (χ3n) is 3.00. The van der Waals surface area contributed by atoms with Crippen molar-refractivity contribution in [1.29, 1.82) is 0 Å². The molecule has 0 radical (unpaired) electrons. The normalized spacial score (nSPS) is 12.0. The maximum absolute atomic E-state index is 11.7. The molecule has 0 aliphatic carbocycles. The van der Waals surface area contributed by atoms with Crippen molar-refractivity contribution in [2.24, 2.45) is 4.99 Å². The van der Waals surface area contributed by atoms with E-state index < -0.39 is 11.7 Å².